The number of ether oxygens (including phenoxy) is 1. The average molecular weight is 409 g/mol. The Bertz CT molecular complexity index is 735. The minimum atomic E-state index is -0.686. The van der Waals surface area contributed by atoms with E-state index in [-0.39, 0.29) is 11.9 Å². The number of aliphatic hydroxyl groups is 1. The molecule has 1 aliphatic rings. The van der Waals surface area contributed by atoms with E-state index in [0.717, 1.165) is 24.2 Å². The van der Waals surface area contributed by atoms with Crippen LogP contribution in [-0.2, 0) is 13.1 Å². The van der Waals surface area contributed by atoms with Crippen LogP contribution in [0.4, 0.5) is 4.39 Å². The first-order chi connectivity index (χ1) is 11.9. The normalized spacial score (nSPS) is 16.7. The highest BCUT2D eigenvalue weighted by Crippen LogP contribution is 2.41. The van der Waals surface area contributed by atoms with Gasteiger partial charge in [-0.2, -0.15) is 0 Å². The molecule has 0 radical (unpaired) electrons. The van der Waals surface area contributed by atoms with Crippen molar-refractivity contribution >= 4 is 15.9 Å². The molecular weight excluding hydrogens is 387 g/mol. The molecule has 25 heavy (non-hydrogen) atoms. The van der Waals surface area contributed by atoms with Gasteiger partial charge >= 0.3 is 0 Å². The highest BCUT2D eigenvalue weighted by atomic mass is 79.9. The van der Waals surface area contributed by atoms with Crippen molar-refractivity contribution in [2.45, 2.75) is 44.5 Å². The molecule has 6 heteroatoms. The lowest BCUT2D eigenvalue weighted by atomic mass is 10.1. The number of methoxy groups -OCH3 is 1. The highest BCUT2D eigenvalue weighted by Gasteiger charge is 2.47. The number of hydrogen-bond donors (Lipinski definition) is 1. The third kappa shape index (κ3) is 4.37. The molecule has 2 aromatic rings. The van der Waals surface area contributed by atoms with Crippen molar-refractivity contribution in [3.05, 3.63) is 58.1 Å². The average Bonchev–Trinajstić information content (AvgIpc) is 3.36. The predicted octanol–water partition coefficient (Wildman–Crippen LogP) is 3.91. The molecule has 1 fully saturated rings. The molecule has 4 nitrogen and oxygen atoms in total. The lowest BCUT2D eigenvalue weighted by molar-refractivity contribution is 0.0287. The Labute approximate surface area is 155 Å². The number of aromatic nitrogens is 1. The van der Waals surface area contributed by atoms with Crippen LogP contribution in [0.5, 0.6) is 5.75 Å². The number of pyridine rings is 1. The second kappa shape index (κ2) is 7.40. The fourth-order valence-corrected chi connectivity index (χ4v) is 3.29. The Hall–Kier alpha value is -1.50. The van der Waals surface area contributed by atoms with Gasteiger partial charge in [-0.05, 0) is 65.5 Å². The summed E-state index contributed by atoms with van der Waals surface area (Å²) in [6, 6.07) is 10.7. The van der Waals surface area contributed by atoms with Gasteiger partial charge in [0.2, 0.25) is 0 Å². The molecule has 1 atom stereocenters. The first-order valence-corrected chi connectivity index (χ1v) is 9.11. The Morgan fingerprint density at radius 2 is 1.92 bits per heavy atom. The summed E-state index contributed by atoms with van der Waals surface area (Å²) in [5.74, 6) is 0.460. The Morgan fingerprint density at radius 3 is 2.52 bits per heavy atom. The monoisotopic (exact) mass is 408 g/mol. The smallest absolute Gasteiger partial charge is 0.146 e. The van der Waals surface area contributed by atoms with E-state index in [1.54, 1.807) is 13.2 Å². The molecule has 0 spiro atoms. The van der Waals surface area contributed by atoms with E-state index < -0.39 is 5.60 Å². The van der Waals surface area contributed by atoms with Gasteiger partial charge in [0.05, 0.1) is 18.4 Å². The molecule has 0 saturated heterocycles. The van der Waals surface area contributed by atoms with Crippen molar-refractivity contribution in [3.63, 3.8) is 0 Å². The third-order valence-corrected chi connectivity index (χ3v) is 5.31. The first kappa shape index (κ1) is 18.3. The Kier molecular flexibility index (Phi) is 5.41. The van der Waals surface area contributed by atoms with Crippen LogP contribution in [0.25, 0.3) is 0 Å². The molecule has 0 amide bonds. The second-order valence-corrected chi connectivity index (χ2v) is 7.41. The second-order valence-electron chi connectivity index (χ2n) is 6.60. The maximum Gasteiger partial charge on any atom is 0.146 e. The van der Waals surface area contributed by atoms with Gasteiger partial charge in [0, 0.05) is 19.1 Å². The molecule has 0 bridgehead atoms. The van der Waals surface area contributed by atoms with Gasteiger partial charge in [0.25, 0.3) is 0 Å². The molecule has 1 aromatic heterocycles. The maximum absolute atomic E-state index is 14.2. The van der Waals surface area contributed by atoms with Crippen LogP contribution in [0.3, 0.4) is 0 Å². The number of benzene rings is 1. The van der Waals surface area contributed by atoms with Crippen molar-refractivity contribution in [2.24, 2.45) is 0 Å². The summed E-state index contributed by atoms with van der Waals surface area (Å²) in [6.45, 7) is 2.92. The summed E-state index contributed by atoms with van der Waals surface area (Å²) in [7, 11) is 1.63. The van der Waals surface area contributed by atoms with E-state index >= 15 is 0 Å². The summed E-state index contributed by atoms with van der Waals surface area (Å²) in [6.07, 6.45) is 1.56. The summed E-state index contributed by atoms with van der Waals surface area (Å²) >= 11 is 3.30. The van der Waals surface area contributed by atoms with Crippen molar-refractivity contribution in [2.75, 3.05) is 7.11 Å². The summed E-state index contributed by atoms with van der Waals surface area (Å²) in [5, 5.41) is 10.5. The van der Waals surface area contributed by atoms with Crippen LogP contribution in [0, 0.1) is 5.82 Å². The van der Waals surface area contributed by atoms with Crippen molar-refractivity contribution in [1.29, 1.82) is 0 Å². The minimum Gasteiger partial charge on any atom is -0.497 e. The molecular formula is C19H22BrFN2O2. The quantitative estimate of drug-likeness (QED) is 0.705. The van der Waals surface area contributed by atoms with Crippen LogP contribution in [0.15, 0.2) is 41.0 Å². The molecule has 1 N–H and O–H groups in total. The SMILES string of the molecule is COc1ccc(CN(Cc2nc(Br)ccc2F)C(C)C2(O)CC2)cc1. The molecule has 1 aliphatic carbocycles. The van der Waals surface area contributed by atoms with Crippen LogP contribution in [0.2, 0.25) is 0 Å². The van der Waals surface area contributed by atoms with E-state index in [2.05, 4.69) is 25.8 Å². The Balaban J connectivity index is 1.82. The molecule has 134 valence electrons. The van der Waals surface area contributed by atoms with Gasteiger partial charge in [-0.25, -0.2) is 9.37 Å². The molecule has 1 heterocycles. The lowest BCUT2D eigenvalue weighted by Gasteiger charge is -2.32. The van der Waals surface area contributed by atoms with Crippen LogP contribution < -0.4 is 4.74 Å². The van der Waals surface area contributed by atoms with E-state index in [0.29, 0.717) is 23.4 Å². The van der Waals surface area contributed by atoms with Crippen LogP contribution >= 0.6 is 15.9 Å². The maximum atomic E-state index is 14.2. The number of halogens is 2. The number of rotatable bonds is 7. The summed E-state index contributed by atoms with van der Waals surface area (Å²) in [4.78, 5) is 6.34. The summed E-state index contributed by atoms with van der Waals surface area (Å²) < 4.78 is 19.9. The van der Waals surface area contributed by atoms with E-state index in [4.69, 9.17) is 4.74 Å². The molecule has 3 rings (SSSR count). The van der Waals surface area contributed by atoms with Crippen LogP contribution in [0.1, 0.15) is 31.0 Å². The fraction of sp³-hybridized carbons (Fsp3) is 0.421. The highest BCUT2D eigenvalue weighted by molar-refractivity contribution is 9.10. The topological polar surface area (TPSA) is 45.6 Å². The zero-order valence-electron chi connectivity index (χ0n) is 14.4. The third-order valence-electron chi connectivity index (χ3n) is 4.87. The van der Waals surface area contributed by atoms with Crippen LogP contribution in [-0.4, -0.2) is 33.7 Å². The van der Waals surface area contributed by atoms with Crippen molar-refractivity contribution < 1.29 is 14.2 Å². The standard InChI is InChI=1S/C19H22BrFN2O2/c1-13(19(24)9-10-19)23(11-14-3-5-15(25-2)6-4-14)12-17-16(21)7-8-18(20)22-17/h3-8,13,24H,9-12H2,1-2H3. The van der Waals surface area contributed by atoms with Crippen molar-refractivity contribution in [3.8, 4) is 5.75 Å². The zero-order chi connectivity index (χ0) is 18.0. The molecule has 1 unspecified atom stereocenters. The lowest BCUT2D eigenvalue weighted by Crippen LogP contribution is -2.42. The molecule has 1 aromatic carbocycles. The van der Waals surface area contributed by atoms with Gasteiger partial charge in [-0.1, -0.05) is 12.1 Å². The fourth-order valence-electron chi connectivity index (χ4n) is 2.94. The zero-order valence-corrected chi connectivity index (χ0v) is 16.0. The summed E-state index contributed by atoms with van der Waals surface area (Å²) in [5.41, 5.74) is 0.765. The number of nitrogens with zero attached hydrogens (tertiary/aromatic N) is 2. The Morgan fingerprint density at radius 1 is 1.24 bits per heavy atom. The molecule has 1 saturated carbocycles. The largest absolute Gasteiger partial charge is 0.497 e. The van der Waals surface area contributed by atoms with Gasteiger partial charge in [0.1, 0.15) is 16.2 Å². The van der Waals surface area contributed by atoms with E-state index in [1.807, 2.05) is 31.2 Å². The van der Waals surface area contributed by atoms with Gasteiger partial charge in [-0.15, -0.1) is 0 Å². The van der Waals surface area contributed by atoms with Gasteiger partial charge in [-0.3, -0.25) is 4.90 Å². The van der Waals surface area contributed by atoms with Gasteiger partial charge < -0.3 is 9.84 Å². The number of hydrogen-bond acceptors (Lipinski definition) is 4. The molecule has 0 aliphatic heterocycles. The van der Waals surface area contributed by atoms with Crippen molar-refractivity contribution in [1.82, 2.24) is 9.88 Å². The predicted molar refractivity (Wildman–Crippen MR) is 97.8 cm³/mol. The van der Waals surface area contributed by atoms with Gasteiger partial charge in [0.15, 0.2) is 0 Å². The first-order valence-electron chi connectivity index (χ1n) is 8.31. The van der Waals surface area contributed by atoms with E-state index in [1.165, 1.54) is 6.07 Å². The minimum absolute atomic E-state index is 0.0882. The van der Waals surface area contributed by atoms with E-state index in [9.17, 15) is 9.50 Å².